The van der Waals surface area contributed by atoms with Crippen molar-refractivity contribution in [2.75, 3.05) is 6.54 Å². The number of hydrogen-bond acceptors (Lipinski definition) is 5. The maximum absolute atomic E-state index is 13.0. The fourth-order valence-electron chi connectivity index (χ4n) is 3.06. The molecule has 0 unspecified atom stereocenters. The number of rotatable bonds is 3. The number of carbonyl (C=O) groups excluding carboxylic acids is 1. The van der Waals surface area contributed by atoms with Gasteiger partial charge in [0.25, 0.3) is 5.91 Å². The van der Waals surface area contributed by atoms with Gasteiger partial charge in [-0.15, -0.1) is 0 Å². The molecule has 1 atom stereocenters. The van der Waals surface area contributed by atoms with Crippen LogP contribution in [0.4, 0.5) is 0 Å². The molecule has 0 bridgehead atoms. The first kappa shape index (κ1) is 14.5. The minimum atomic E-state index is -0.00748. The number of likely N-dealkylation sites (tertiary alicyclic amines) is 1. The highest BCUT2D eigenvalue weighted by atomic mass is 16.2. The van der Waals surface area contributed by atoms with Gasteiger partial charge in [0.05, 0.1) is 11.7 Å². The van der Waals surface area contributed by atoms with E-state index < -0.39 is 0 Å². The number of hydrogen-bond donors (Lipinski definition) is 0. The summed E-state index contributed by atoms with van der Waals surface area (Å²) in [5.74, 6) is 0.568. The maximum Gasteiger partial charge on any atom is 0.254 e. The van der Waals surface area contributed by atoms with Crippen LogP contribution >= 0.6 is 0 Å². The van der Waals surface area contributed by atoms with E-state index in [1.54, 1.807) is 30.9 Å². The lowest BCUT2D eigenvalue weighted by Crippen LogP contribution is -2.31. The standard InChI is InChI=1S/C17H16N6O/c24-17(13-6-8-20-16(10-13)23-12-18-11-21-23)22-9-3-5-15(22)14-4-1-2-7-19-14/h1-2,4,6-8,10-12,15H,3,5,9H2/t15-/m1/s1. The molecule has 0 saturated carbocycles. The summed E-state index contributed by atoms with van der Waals surface area (Å²) in [6.45, 7) is 0.737. The Bertz CT molecular complexity index is 833. The maximum atomic E-state index is 13.0. The molecular weight excluding hydrogens is 304 g/mol. The Morgan fingerprint density at radius 1 is 1.17 bits per heavy atom. The van der Waals surface area contributed by atoms with Crippen LogP contribution in [0.2, 0.25) is 0 Å². The molecule has 24 heavy (non-hydrogen) atoms. The zero-order valence-corrected chi connectivity index (χ0v) is 13.0. The van der Waals surface area contributed by atoms with E-state index in [1.807, 2.05) is 23.1 Å². The first-order valence-electron chi connectivity index (χ1n) is 7.86. The molecule has 7 heteroatoms. The molecule has 1 aliphatic rings. The molecule has 4 rings (SSSR count). The van der Waals surface area contributed by atoms with Crippen LogP contribution in [0.15, 0.2) is 55.4 Å². The van der Waals surface area contributed by atoms with Crippen molar-refractivity contribution in [3.05, 3.63) is 66.6 Å². The molecule has 1 amide bonds. The van der Waals surface area contributed by atoms with E-state index in [-0.39, 0.29) is 11.9 Å². The van der Waals surface area contributed by atoms with E-state index >= 15 is 0 Å². The number of carbonyl (C=O) groups is 1. The molecule has 1 saturated heterocycles. The van der Waals surface area contributed by atoms with Crippen molar-refractivity contribution in [3.8, 4) is 5.82 Å². The summed E-state index contributed by atoms with van der Waals surface area (Å²) in [7, 11) is 0. The largest absolute Gasteiger partial charge is 0.330 e. The number of amides is 1. The second-order valence-corrected chi connectivity index (χ2v) is 5.65. The zero-order chi connectivity index (χ0) is 16.4. The number of pyridine rings is 2. The van der Waals surface area contributed by atoms with E-state index in [0.29, 0.717) is 11.4 Å². The first-order chi connectivity index (χ1) is 11.8. The lowest BCUT2D eigenvalue weighted by molar-refractivity contribution is 0.0732. The number of nitrogens with zero attached hydrogens (tertiary/aromatic N) is 6. The summed E-state index contributed by atoms with van der Waals surface area (Å²) in [6.07, 6.45) is 8.30. The quantitative estimate of drug-likeness (QED) is 0.738. The Morgan fingerprint density at radius 2 is 2.12 bits per heavy atom. The molecule has 3 aromatic heterocycles. The van der Waals surface area contributed by atoms with E-state index in [4.69, 9.17) is 0 Å². The molecule has 0 N–H and O–H groups in total. The van der Waals surface area contributed by atoms with Crippen LogP contribution in [0.3, 0.4) is 0 Å². The lowest BCUT2D eigenvalue weighted by atomic mass is 10.1. The Kier molecular flexibility index (Phi) is 3.74. The van der Waals surface area contributed by atoms with E-state index in [9.17, 15) is 4.79 Å². The van der Waals surface area contributed by atoms with E-state index in [0.717, 1.165) is 25.1 Å². The van der Waals surface area contributed by atoms with Gasteiger partial charge >= 0.3 is 0 Å². The fourth-order valence-corrected chi connectivity index (χ4v) is 3.06. The van der Waals surface area contributed by atoms with Crippen LogP contribution in [0, 0.1) is 0 Å². The van der Waals surface area contributed by atoms with E-state index in [1.165, 1.54) is 11.0 Å². The van der Waals surface area contributed by atoms with Gasteiger partial charge in [0.2, 0.25) is 0 Å². The zero-order valence-electron chi connectivity index (χ0n) is 13.0. The van der Waals surface area contributed by atoms with Crippen molar-refractivity contribution in [1.82, 2.24) is 29.6 Å². The third-order valence-electron chi connectivity index (χ3n) is 4.19. The second kappa shape index (κ2) is 6.19. The van der Waals surface area contributed by atoms with Gasteiger partial charge in [0, 0.05) is 24.5 Å². The predicted octanol–water partition coefficient (Wildman–Crippen LogP) is 2.03. The first-order valence-corrected chi connectivity index (χ1v) is 7.86. The Balaban J connectivity index is 1.62. The predicted molar refractivity (Wildman–Crippen MR) is 86.4 cm³/mol. The Hall–Kier alpha value is -3.09. The SMILES string of the molecule is O=C(c1ccnc(-n2cncn2)c1)N1CCC[C@@H]1c1ccccn1. The van der Waals surface area contributed by atoms with Crippen LogP contribution in [0.25, 0.3) is 5.82 Å². The fraction of sp³-hybridized carbons (Fsp3) is 0.235. The average molecular weight is 320 g/mol. The molecule has 1 aliphatic heterocycles. The van der Waals surface area contributed by atoms with Crippen molar-refractivity contribution in [2.45, 2.75) is 18.9 Å². The molecule has 0 spiro atoms. The van der Waals surface area contributed by atoms with Gasteiger partial charge in [0.15, 0.2) is 5.82 Å². The van der Waals surface area contributed by atoms with Crippen molar-refractivity contribution in [2.24, 2.45) is 0 Å². The lowest BCUT2D eigenvalue weighted by Gasteiger charge is -2.24. The summed E-state index contributed by atoms with van der Waals surface area (Å²) in [4.78, 5) is 27.4. The molecule has 7 nitrogen and oxygen atoms in total. The highest BCUT2D eigenvalue weighted by Gasteiger charge is 2.31. The molecule has 4 heterocycles. The van der Waals surface area contributed by atoms with Crippen LogP contribution < -0.4 is 0 Å². The topological polar surface area (TPSA) is 76.8 Å². The van der Waals surface area contributed by atoms with Gasteiger partial charge in [-0.3, -0.25) is 9.78 Å². The van der Waals surface area contributed by atoms with Crippen molar-refractivity contribution in [3.63, 3.8) is 0 Å². The van der Waals surface area contributed by atoms with Crippen molar-refractivity contribution < 1.29 is 4.79 Å². The van der Waals surface area contributed by atoms with Gasteiger partial charge < -0.3 is 4.90 Å². The summed E-state index contributed by atoms with van der Waals surface area (Å²) in [5, 5.41) is 4.06. The highest BCUT2D eigenvalue weighted by molar-refractivity contribution is 5.95. The summed E-state index contributed by atoms with van der Waals surface area (Å²) in [6, 6.07) is 9.32. The summed E-state index contributed by atoms with van der Waals surface area (Å²) in [5.41, 5.74) is 1.53. The van der Waals surface area contributed by atoms with Crippen molar-refractivity contribution >= 4 is 5.91 Å². The van der Waals surface area contributed by atoms with Crippen LogP contribution in [-0.2, 0) is 0 Å². The third-order valence-corrected chi connectivity index (χ3v) is 4.19. The number of aromatic nitrogens is 5. The minimum Gasteiger partial charge on any atom is -0.330 e. The molecule has 120 valence electrons. The van der Waals surface area contributed by atoms with Crippen molar-refractivity contribution in [1.29, 1.82) is 0 Å². The Morgan fingerprint density at radius 3 is 2.92 bits per heavy atom. The molecule has 1 fully saturated rings. The van der Waals surface area contributed by atoms with Gasteiger partial charge in [-0.1, -0.05) is 6.07 Å². The van der Waals surface area contributed by atoms with Gasteiger partial charge in [-0.2, -0.15) is 5.10 Å². The van der Waals surface area contributed by atoms with Gasteiger partial charge in [0.1, 0.15) is 12.7 Å². The normalized spacial score (nSPS) is 17.2. The van der Waals surface area contributed by atoms with Crippen LogP contribution in [0.5, 0.6) is 0 Å². The van der Waals surface area contributed by atoms with Gasteiger partial charge in [-0.25, -0.2) is 14.6 Å². The molecular formula is C17H16N6O. The molecule has 0 aromatic carbocycles. The van der Waals surface area contributed by atoms with E-state index in [2.05, 4.69) is 20.1 Å². The monoisotopic (exact) mass is 320 g/mol. The van der Waals surface area contributed by atoms with Crippen LogP contribution in [0.1, 0.15) is 34.9 Å². The summed E-state index contributed by atoms with van der Waals surface area (Å²) >= 11 is 0. The molecule has 3 aromatic rings. The third kappa shape index (κ3) is 2.64. The average Bonchev–Trinajstić information content (AvgIpc) is 3.34. The molecule has 0 radical (unpaired) electrons. The smallest absolute Gasteiger partial charge is 0.254 e. The second-order valence-electron chi connectivity index (χ2n) is 5.65. The highest BCUT2D eigenvalue weighted by Crippen LogP contribution is 2.31. The Labute approximate surface area is 139 Å². The molecule has 0 aliphatic carbocycles. The van der Waals surface area contributed by atoms with Gasteiger partial charge in [-0.05, 0) is 37.1 Å². The minimum absolute atomic E-state index is 0.00748. The summed E-state index contributed by atoms with van der Waals surface area (Å²) < 4.78 is 1.54. The van der Waals surface area contributed by atoms with Crippen LogP contribution in [-0.4, -0.2) is 42.1 Å².